The minimum atomic E-state index is -0.811. The molecule has 0 fully saturated rings. The van der Waals surface area contributed by atoms with E-state index in [1.54, 1.807) is 25.3 Å². The van der Waals surface area contributed by atoms with Crippen LogP contribution in [0.4, 0.5) is 0 Å². The van der Waals surface area contributed by atoms with E-state index in [0.717, 1.165) is 11.5 Å². The highest BCUT2D eigenvalue weighted by Gasteiger charge is 2.17. The summed E-state index contributed by atoms with van der Waals surface area (Å²) in [5.41, 5.74) is 0.612. The van der Waals surface area contributed by atoms with Crippen molar-refractivity contribution >= 4 is 23.1 Å². The maximum Gasteiger partial charge on any atom is 0.125 e. The summed E-state index contributed by atoms with van der Waals surface area (Å²) in [5, 5.41) is 14.3. The molecular formula is C10H9ClN2O2S. The minimum absolute atomic E-state index is 0.548. The maximum absolute atomic E-state index is 10.1. The normalized spacial score (nSPS) is 12.4. The van der Waals surface area contributed by atoms with E-state index in [-0.39, 0.29) is 0 Å². The van der Waals surface area contributed by atoms with E-state index in [0.29, 0.717) is 21.2 Å². The van der Waals surface area contributed by atoms with Gasteiger partial charge in [0.2, 0.25) is 0 Å². The molecule has 84 valence electrons. The molecule has 1 aromatic heterocycles. The topological polar surface area (TPSA) is 55.2 Å². The fourth-order valence-electron chi connectivity index (χ4n) is 1.37. The molecule has 0 spiro atoms. The van der Waals surface area contributed by atoms with Crippen molar-refractivity contribution in [3.05, 3.63) is 39.9 Å². The second-order valence-corrected chi connectivity index (χ2v) is 4.36. The molecule has 0 aliphatic rings. The van der Waals surface area contributed by atoms with Crippen LogP contribution in [0.15, 0.2) is 24.4 Å². The Hall–Kier alpha value is -1.17. The van der Waals surface area contributed by atoms with Crippen molar-refractivity contribution in [2.45, 2.75) is 6.10 Å². The Labute approximate surface area is 102 Å². The molecule has 2 aromatic rings. The Bertz CT molecular complexity index is 476. The van der Waals surface area contributed by atoms with Crippen LogP contribution >= 0.6 is 23.1 Å². The summed E-state index contributed by atoms with van der Waals surface area (Å²) in [5.74, 6) is 0.588. The van der Waals surface area contributed by atoms with Gasteiger partial charge in [0, 0.05) is 10.6 Å². The molecule has 1 unspecified atom stereocenters. The van der Waals surface area contributed by atoms with E-state index in [4.69, 9.17) is 16.3 Å². The molecule has 1 atom stereocenters. The van der Waals surface area contributed by atoms with Crippen LogP contribution in [0.1, 0.15) is 16.5 Å². The second-order valence-electron chi connectivity index (χ2n) is 3.11. The number of hydrogen-bond acceptors (Lipinski definition) is 5. The molecule has 0 aliphatic heterocycles. The van der Waals surface area contributed by atoms with Gasteiger partial charge in [0.15, 0.2) is 0 Å². The SMILES string of the molecule is COc1ccc(Cl)cc1C(O)c1cnns1. The molecule has 0 aliphatic carbocycles. The number of hydrogen-bond donors (Lipinski definition) is 1. The van der Waals surface area contributed by atoms with Gasteiger partial charge in [-0.05, 0) is 29.7 Å². The van der Waals surface area contributed by atoms with Crippen molar-refractivity contribution in [2.24, 2.45) is 0 Å². The summed E-state index contributed by atoms with van der Waals surface area (Å²) >= 11 is 7.03. The van der Waals surface area contributed by atoms with Crippen LogP contribution in [0.25, 0.3) is 0 Å². The first-order valence-corrected chi connectivity index (χ1v) is 5.66. The van der Waals surface area contributed by atoms with E-state index in [1.807, 2.05) is 0 Å². The largest absolute Gasteiger partial charge is 0.496 e. The number of benzene rings is 1. The average Bonchev–Trinajstić information content (AvgIpc) is 2.81. The van der Waals surface area contributed by atoms with Gasteiger partial charge in [-0.2, -0.15) is 0 Å². The number of halogens is 1. The van der Waals surface area contributed by atoms with E-state index in [9.17, 15) is 5.11 Å². The van der Waals surface area contributed by atoms with Gasteiger partial charge in [0.05, 0.1) is 18.2 Å². The zero-order valence-corrected chi connectivity index (χ0v) is 10.00. The number of ether oxygens (including phenoxy) is 1. The van der Waals surface area contributed by atoms with Crippen LogP contribution in [-0.2, 0) is 0 Å². The maximum atomic E-state index is 10.1. The van der Waals surface area contributed by atoms with E-state index in [2.05, 4.69) is 9.59 Å². The number of methoxy groups -OCH3 is 1. The highest BCUT2D eigenvalue weighted by molar-refractivity contribution is 7.05. The second kappa shape index (κ2) is 4.78. The van der Waals surface area contributed by atoms with Crippen molar-refractivity contribution in [1.29, 1.82) is 0 Å². The lowest BCUT2D eigenvalue weighted by Crippen LogP contribution is -2.00. The van der Waals surface area contributed by atoms with E-state index < -0.39 is 6.10 Å². The van der Waals surface area contributed by atoms with Crippen LogP contribution in [0.5, 0.6) is 5.75 Å². The number of aromatic nitrogens is 2. The van der Waals surface area contributed by atoms with Crippen LogP contribution in [0.2, 0.25) is 5.02 Å². The fourth-order valence-corrected chi connectivity index (χ4v) is 2.06. The van der Waals surface area contributed by atoms with Crippen LogP contribution in [-0.4, -0.2) is 21.8 Å². The Balaban J connectivity index is 2.42. The standard InChI is InChI=1S/C10H9ClN2O2S/c1-15-8-3-2-6(11)4-7(8)10(14)9-5-12-13-16-9/h2-5,10,14H,1H3. The van der Waals surface area contributed by atoms with Gasteiger partial charge in [-0.1, -0.05) is 16.1 Å². The molecule has 1 N–H and O–H groups in total. The van der Waals surface area contributed by atoms with Gasteiger partial charge in [-0.3, -0.25) is 0 Å². The number of nitrogens with zero attached hydrogens (tertiary/aromatic N) is 2. The molecule has 6 heteroatoms. The van der Waals surface area contributed by atoms with Gasteiger partial charge >= 0.3 is 0 Å². The monoisotopic (exact) mass is 256 g/mol. The molecule has 4 nitrogen and oxygen atoms in total. The summed E-state index contributed by atoms with van der Waals surface area (Å²) in [6, 6.07) is 5.10. The number of aliphatic hydroxyl groups excluding tert-OH is 1. The lowest BCUT2D eigenvalue weighted by atomic mass is 10.1. The zero-order chi connectivity index (χ0) is 11.5. The van der Waals surface area contributed by atoms with Crippen molar-refractivity contribution in [2.75, 3.05) is 7.11 Å². The Morgan fingerprint density at radius 2 is 2.31 bits per heavy atom. The first kappa shape index (κ1) is 11.3. The molecule has 0 radical (unpaired) electrons. The van der Waals surface area contributed by atoms with Crippen molar-refractivity contribution in [1.82, 2.24) is 9.59 Å². The molecular weight excluding hydrogens is 248 g/mol. The minimum Gasteiger partial charge on any atom is -0.496 e. The molecule has 16 heavy (non-hydrogen) atoms. The number of rotatable bonds is 3. The van der Waals surface area contributed by atoms with Crippen molar-refractivity contribution in [3.8, 4) is 5.75 Å². The first-order chi connectivity index (χ1) is 7.72. The van der Waals surface area contributed by atoms with Crippen molar-refractivity contribution < 1.29 is 9.84 Å². The third kappa shape index (κ3) is 2.16. The highest BCUT2D eigenvalue weighted by atomic mass is 35.5. The fraction of sp³-hybridized carbons (Fsp3) is 0.200. The predicted molar refractivity (Wildman–Crippen MR) is 62.0 cm³/mol. The average molecular weight is 257 g/mol. The Kier molecular flexibility index (Phi) is 3.38. The van der Waals surface area contributed by atoms with E-state index >= 15 is 0 Å². The summed E-state index contributed by atoms with van der Waals surface area (Å²) in [6.45, 7) is 0. The smallest absolute Gasteiger partial charge is 0.125 e. The summed E-state index contributed by atoms with van der Waals surface area (Å²) in [6.07, 6.45) is 0.712. The molecule has 0 amide bonds. The van der Waals surface area contributed by atoms with Gasteiger partial charge < -0.3 is 9.84 Å². The van der Waals surface area contributed by atoms with E-state index in [1.165, 1.54) is 6.20 Å². The molecule has 0 saturated heterocycles. The van der Waals surface area contributed by atoms with Crippen molar-refractivity contribution in [3.63, 3.8) is 0 Å². The Morgan fingerprint density at radius 1 is 1.50 bits per heavy atom. The first-order valence-electron chi connectivity index (χ1n) is 4.51. The Morgan fingerprint density at radius 3 is 2.94 bits per heavy atom. The lowest BCUT2D eigenvalue weighted by Gasteiger charge is -2.12. The number of aliphatic hydroxyl groups is 1. The molecule has 1 heterocycles. The zero-order valence-electron chi connectivity index (χ0n) is 8.42. The summed E-state index contributed by atoms with van der Waals surface area (Å²) in [4.78, 5) is 0.653. The lowest BCUT2D eigenvalue weighted by molar-refractivity contribution is 0.218. The third-order valence-corrected chi connectivity index (χ3v) is 3.08. The van der Waals surface area contributed by atoms with Gasteiger partial charge in [-0.15, -0.1) is 5.10 Å². The van der Waals surface area contributed by atoms with Crippen LogP contribution in [0, 0.1) is 0 Å². The molecule has 0 bridgehead atoms. The van der Waals surface area contributed by atoms with Crippen LogP contribution < -0.4 is 4.74 Å². The third-order valence-electron chi connectivity index (χ3n) is 2.13. The predicted octanol–water partition coefficient (Wildman–Crippen LogP) is 2.28. The summed E-state index contributed by atoms with van der Waals surface area (Å²) in [7, 11) is 1.55. The van der Waals surface area contributed by atoms with Gasteiger partial charge in [0.25, 0.3) is 0 Å². The van der Waals surface area contributed by atoms with Gasteiger partial charge in [-0.25, -0.2) is 0 Å². The van der Waals surface area contributed by atoms with Crippen LogP contribution in [0.3, 0.4) is 0 Å². The molecule has 1 aromatic carbocycles. The molecule has 2 rings (SSSR count). The highest BCUT2D eigenvalue weighted by Crippen LogP contribution is 2.32. The summed E-state index contributed by atoms with van der Waals surface area (Å²) < 4.78 is 8.87. The van der Waals surface area contributed by atoms with Gasteiger partial charge in [0.1, 0.15) is 11.9 Å². The quantitative estimate of drug-likeness (QED) is 0.915. The molecule has 0 saturated carbocycles.